The predicted octanol–water partition coefficient (Wildman–Crippen LogP) is 2.55. The van der Waals surface area contributed by atoms with Gasteiger partial charge < -0.3 is 10.2 Å². The molecule has 1 N–H and O–H groups in total. The zero-order chi connectivity index (χ0) is 10.1. The molecular weight excluding hydrogens is 277 g/mol. The maximum absolute atomic E-state index is 4.65. The lowest BCUT2D eigenvalue weighted by Crippen LogP contribution is -2.43. The smallest absolute Gasteiger partial charge is 0.186 e. The van der Waals surface area contributed by atoms with Gasteiger partial charge in [-0.15, -0.1) is 24.8 Å². The molecule has 0 unspecified atom stereocenters. The van der Waals surface area contributed by atoms with E-state index in [0.29, 0.717) is 0 Å². The second-order valence-corrected chi connectivity index (χ2v) is 4.71. The number of nitrogens with one attached hydrogen (secondary N) is 1. The van der Waals surface area contributed by atoms with Crippen LogP contribution in [0, 0.1) is 0 Å². The van der Waals surface area contributed by atoms with E-state index in [1.165, 1.54) is 4.70 Å². The summed E-state index contributed by atoms with van der Waals surface area (Å²) in [5.74, 6) is 0. The Hall–Kier alpha value is -0.550. The number of aromatic nitrogens is 1. The Balaban J connectivity index is 0.000000722. The fourth-order valence-electron chi connectivity index (χ4n) is 1.85. The largest absolute Gasteiger partial charge is 0.346 e. The number of benzene rings is 1. The highest BCUT2D eigenvalue weighted by Crippen LogP contribution is 2.28. The molecule has 0 spiro atoms. The molecule has 6 heteroatoms. The summed E-state index contributed by atoms with van der Waals surface area (Å²) < 4.78 is 1.28. The van der Waals surface area contributed by atoms with Crippen molar-refractivity contribution in [3.63, 3.8) is 0 Å². The third-order valence-electron chi connectivity index (χ3n) is 2.67. The lowest BCUT2D eigenvalue weighted by Gasteiger charge is -2.26. The zero-order valence-corrected chi connectivity index (χ0v) is 11.7. The Morgan fingerprint density at radius 1 is 1.12 bits per heavy atom. The molecule has 0 aliphatic carbocycles. The van der Waals surface area contributed by atoms with E-state index in [9.17, 15) is 0 Å². The van der Waals surface area contributed by atoms with Crippen LogP contribution in [0.15, 0.2) is 24.3 Å². The van der Waals surface area contributed by atoms with Crippen molar-refractivity contribution in [3.05, 3.63) is 24.3 Å². The number of fused-ring (bicyclic) bond motifs is 1. The van der Waals surface area contributed by atoms with Crippen LogP contribution in [0.25, 0.3) is 10.2 Å². The SMILES string of the molecule is Cl.Cl.c1ccc2sc(N3CCNCC3)nc2c1. The van der Waals surface area contributed by atoms with Crippen LogP contribution < -0.4 is 10.2 Å². The van der Waals surface area contributed by atoms with E-state index in [0.717, 1.165) is 36.8 Å². The Kier molecular flexibility index (Phi) is 5.46. The first-order valence-corrected chi connectivity index (χ1v) is 6.06. The van der Waals surface area contributed by atoms with E-state index in [-0.39, 0.29) is 24.8 Å². The normalized spacial score (nSPS) is 15.2. The molecule has 1 fully saturated rings. The fraction of sp³-hybridized carbons (Fsp3) is 0.364. The second-order valence-electron chi connectivity index (χ2n) is 3.70. The summed E-state index contributed by atoms with van der Waals surface area (Å²) in [6.07, 6.45) is 0. The van der Waals surface area contributed by atoms with Gasteiger partial charge in [-0.05, 0) is 12.1 Å². The summed E-state index contributed by atoms with van der Waals surface area (Å²) in [4.78, 5) is 7.02. The number of anilines is 1. The number of hydrogen-bond acceptors (Lipinski definition) is 4. The van der Waals surface area contributed by atoms with E-state index in [4.69, 9.17) is 0 Å². The molecule has 3 rings (SSSR count). The van der Waals surface area contributed by atoms with Crippen LogP contribution in [0.1, 0.15) is 0 Å². The van der Waals surface area contributed by atoms with E-state index >= 15 is 0 Å². The zero-order valence-electron chi connectivity index (χ0n) is 9.26. The molecule has 17 heavy (non-hydrogen) atoms. The second kappa shape index (κ2) is 6.40. The monoisotopic (exact) mass is 291 g/mol. The van der Waals surface area contributed by atoms with Crippen molar-refractivity contribution in [1.29, 1.82) is 0 Å². The summed E-state index contributed by atoms with van der Waals surface area (Å²) >= 11 is 1.79. The molecule has 1 aliphatic heterocycles. The van der Waals surface area contributed by atoms with Crippen LogP contribution in [0.5, 0.6) is 0 Å². The quantitative estimate of drug-likeness (QED) is 0.875. The lowest BCUT2D eigenvalue weighted by molar-refractivity contribution is 0.588. The minimum absolute atomic E-state index is 0. The van der Waals surface area contributed by atoms with Crippen molar-refractivity contribution in [3.8, 4) is 0 Å². The fourth-order valence-corrected chi connectivity index (χ4v) is 2.87. The molecule has 0 atom stereocenters. The molecular formula is C11H15Cl2N3S. The van der Waals surface area contributed by atoms with Crippen molar-refractivity contribution < 1.29 is 0 Å². The number of para-hydroxylation sites is 1. The van der Waals surface area contributed by atoms with Gasteiger partial charge in [-0.3, -0.25) is 0 Å². The van der Waals surface area contributed by atoms with Gasteiger partial charge in [0.1, 0.15) is 0 Å². The van der Waals surface area contributed by atoms with Gasteiger partial charge in [0, 0.05) is 26.2 Å². The Labute approximate surface area is 117 Å². The summed E-state index contributed by atoms with van der Waals surface area (Å²) in [6.45, 7) is 4.27. The third-order valence-corrected chi connectivity index (χ3v) is 3.77. The average molecular weight is 292 g/mol. The molecule has 0 bridgehead atoms. The lowest BCUT2D eigenvalue weighted by atomic mass is 10.3. The average Bonchev–Trinajstić information content (AvgIpc) is 2.74. The summed E-state index contributed by atoms with van der Waals surface area (Å²) in [5, 5.41) is 4.52. The van der Waals surface area contributed by atoms with Gasteiger partial charge in [-0.2, -0.15) is 0 Å². The maximum atomic E-state index is 4.65. The van der Waals surface area contributed by atoms with E-state index < -0.39 is 0 Å². The molecule has 1 aromatic heterocycles. The van der Waals surface area contributed by atoms with Crippen molar-refractivity contribution in [2.45, 2.75) is 0 Å². The Bertz CT molecular complexity index is 435. The van der Waals surface area contributed by atoms with E-state index in [2.05, 4.69) is 33.4 Å². The number of piperazine rings is 1. The minimum atomic E-state index is 0. The number of halogens is 2. The number of thiazole rings is 1. The molecule has 2 aromatic rings. The van der Waals surface area contributed by atoms with Gasteiger partial charge in [0.05, 0.1) is 10.2 Å². The van der Waals surface area contributed by atoms with Crippen molar-refractivity contribution in [1.82, 2.24) is 10.3 Å². The van der Waals surface area contributed by atoms with Crippen LogP contribution >= 0.6 is 36.2 Å². The summed E-state index contributed by atoms with van der Waals surface area (Å²) in [5.41, 5.74) is 1.12. The highest BCUT2D eigenvalue weighted by atomic mass is 35.5. The van der Waals surface area contributed by atoms with Crippen LogP contribution in [-0.4, -0.2) is 31.2 Å². The molecule has 1 aliphatic rings. The Morgan fingerprint density at radius 2 is 1.82 bits per heavy atom. The van der Waals surface area contributed by atoms with E-state index in [1.54, 1.807) is 11.3 Å². The minimum Gasteiger partial charge on any atom is -0.346 e. The number of rotatable bonds is 1. The summed E-state index contributed by atoms with van der Waals surface area (Å²) in [7, 11) is 0. The Morgan fingerprint density at radius 3 is 2.53 bits per heavy atom. The van der Waals surface area contributed by atoms with Crippen LogP contribution in [0.2, 0.25) is 0 Å². The van der Waals surface area contributed by atoms with Gasteiger partial charge >= 0.3 is 0 Å². The van der Waals surface area contributed by atoms with Crippen LogP contribution in [0.4, 0.5) is 5.13 Å². The molecule has 0 radical (unpaired) electrons. The van der Waals surface area contributed by atoms with Gasteiger partial charge in [-0.25, -0.2) is 4.98 Å². The molecule has 1 saturated heterocycles. The molecule has 0 amide bonds. The van der Waals surface area contributed by atoms with Crippen molar-refractivity contribution in [2.75, 3.05) is 31.1 Å². The summed E-state index contributed by atoms with van der Waals surface area (Å²) in [6, 6.07) is 8.34. The molecule has 94 valence electrons. The van der Waals surface area contributed by atoms with Gasteiger partial charge in [0.15, 0.2) is 5.13 Å². The molecule has 1 aromatic carbocycles. The first kappa shape index (κ1) is 14.5. The maximum Gasteiger partial charge on any atom is 0.186 e. The first-order chi connectivity index (χ1) is 7.43. The highest BCUT2D eigenvalue weighted by Gasteiger charge is 2.13. The molecule has 0 saturated carbocycles. The third kappa shape index (κ3) is 3.01. The molecule has 3 nitrogen and oxygen atoms in total. The first-order valence-electron chi connectivity index (χ1n) is 5.25. The van der Waals surface area contributed by atoms with Crippen molar-refractivity contribution in [2.24, 2.45) is 0 Å². The highest BCUT2D eigenvalue weighted by molar-refractivity contribution is 7.22. The van der Waals surface area contributed by atoms with Crippen LogP contribution in [0.3, 0.4) is 0 Å². The van der Waals surface area contributed by atoms with Crippen molar-refractivity contribution >= 4 is 51.5 Å². The van der Waals surface area contributed by atoms with Gasteiger partial charge in [0.25, 0.3) is 0 Å². The molecule has 2 heterocycles. The number of hydrogen-bond donors (Lipinski definition) is 1. The van der Waals surface area contributed by atoms with Gasteiger partial charge in [-0.1, -0.05) is 23.5 Å². The predicted molar refractivity (Wildman–Crippen MR) is 79.2 cm³/mol. The number of nitrogens with zero attached hydrogens (tertiary/aromatic N) is 2. The van der Waals surface area contributed by atoms with Crippen LogP contribution in [-0.2, 0) is 0 Å². The topological polar surface area (TPSA) is 28.2 Å². The standard InChI is InChI=1S/C11H13N3S.2ClH/c1-2-4-10-9(3-1)13-11(15-10)14-7-5-12-6-8-14;;/h1-4,12H,5-8H2;2*1H. The van der Waals surface area contributed by atoms with Gasteiger partial charge in [0.2, 0.25) is 0 Å². The van der Waals surface area contributed by atoms with E-state index in [1.807, 2.05) is 6.07 Å².